The van der Waals surface area contributed by atoms with Crippen molar-refractivity contribution < 1.29 is 18.8 Å². The molecule has 1 atom stereocenters. The van der Waals surface area contributed by atoms with Crippen molar-refractivity contribution in [2.45, 2.75) is 19.8 Å². The molecule has 1 aromatic heterocycles. The van der Waals surface area contributed by atoms with Gasteiger partial charge < -0.3 is 14.2 Å². The maximum atomic E-state index is 12.2. The monoisotopic (exact) mass is 252 g/mol. The topological polar surface area (TPSA) is 72.6 Å². The summed E-state index contributed by atoms with van der Waals surface area (Å²) in [5, 5.41) is 3.59. The molecule has 0 saturated carbocycles. The molecule has 2 heterocycles. The first kappa shape index (κ1) is 12.6. The summed E-state index contributed by atoms with van der Waals surface area (Å²) in [7, 11) is 1.36. The fourth-order valence-corrected chi connectivity index (χ4v) is 2.16. The van der Waals surface area contributed by atoms with Crippen molar-refractivity contribution in [3.63, 3.8) is 0 Å². The highest BCUT2D eigenvalue weighted by Crippen LogP contribution is 2.20. The minimum Gasteiger partial charge on any atom is -0.469 e. The molecule has 6 nitrogen and oxygen atoms in total. The van der Waals surface area contributed by atoms with Crippen LogP contribution in [0.15, 0.2) is 10.7 Å². The highest BCUT2D eigenvalue weighted by Gasteiger charge is 2.31. The van der Waals surface area contributed by atoms with Gasteiger partial charge in [0.2, 0.25) is 5.76 Å². The lowest BCUT2D eigenvalue weighted by Crippen LogP contribution is -2.42. The number of hydrogen-bond acceptors (Lipinski definition) is 5. The van der Waals surface area contributed by atoms with E-state index < -0.39 is 0 Å². The van der Waals surface area contributed by atoms with E-state index in [1.54, 1.807) is 11.8 Å². The lowest BCUT2D eigenvalue weighted by atomic mass is 9.98. The fourth-order valence-electron chi connectivity index (χ4n) is 2.16. The zero-order chi connectivity index (χ0) is 13.1. The zero-order valence-electron chi connectivity index (χ0n) is 10.5. The first-order valence-corrected chi connectivity index (χ1v) is 5.92. The lowest BCUT2D eigenvalue weighted by Gasteiger charge is -2.30. The minimum atomic E-state index is -0.262. The summed E-state index contributed by atoms with van der Waals surface area (Å²) in [5.74, 6) is -0.461. The van der Waals surface area contributed by atoms with E-state index in [-0.39, 0.29) is 23.6 Å². The van der Waals surface area contributed by atoms with Crippen molar-refractivity contribution in [3.8, 4) is 0 Å². The maximum Gasteiger partial charge on any atom is 0.310 e. The number of ether oxygens (including phenoxy) is 1. The van der Waals surface area contributed by atoms with Crippen LogP contribution in [0.25, 0.3) is 0 Å². The average molecular weight is 252 g/mol. The molecule has 1 aliphatic rings. The van der Waals surface area contributed by atoms with Gasteiger partial charge in [-0.05, 0) is 19.8 Å². The van der Waals surface area contributed by atoms with Gasteiger partial charge in [-0.2, -0.15) is 0 Å². The minimum absolute atomic E-state index is 0.210. The van der Waals surface area contributed by atoms with Crippen LogP contribution >= 0.6 is 0 Å². The molecule has 1 amide bonds. The molecular weight excluding hydrogens is 236 g/mol. The second-order valence-corrected chi connectivity index (χ2v) is 4.45. The van der Waals surface area contributed by atoms with Gasteiger partial charge in [0.1, 0.15) is 0 Å². The number of carbonyl (C=O) groups is 2. The number of hydrogen-bond donors (Lipinski definition) is 0. The van der Waals surface area contributed by atoms with Crippen molar-refractivity contribution in [1.82, 2.24) is 10.1 Å². The third-order valence-corrected chi connectivity index (χ3v) is 3.19. The standard InChI is InChI=1S/C12H16N2O4/c1-8-6-13-18-10(8)11(15)14-5-3-4-9(7-14)12(16)17-2/h6,9H,3-5,7H2,1-2H3. The number of likely N-dealkylation sites (tertiary alicyclic amines) is 1. The van der Waals surface area contributed by atoms with Crippen molar-refractivity contribution in [2.75, 3.05) is 20.2 Å². The first-order valence-electron chi connectivity index (χ1n) is 5.92. The number of aromatic nitrogens is 1. The Morgan fingerprint density at radius 3 is 2.94 bits per heavy atom. The van der Waals surface area contributed by atoms with E-state index in [4.69, 9.17) is 9.26 Å². The number of aryl methyl sites for hydroxylation is 1. The van der Waals surface area contributed by atoms with Crippen LogP contribution in [-0.2, 0) is 9.53 Å². The number of esters is 1. The molecule has 2 rings (SSSR count). The van der Waals surface area contributed by atoms with Crippen LogP contribution in [0.3, 0.4) is 0 Å². The summed E-state index contributed by atoms with van der Waals surface area (Å²) in [6.07, 6.45) is 3.06. The van der Waals surface area contributed by atoms with Gasteiger partial charge in [-0.15, -0.1) is 0 Å². The fraction of sp³-hybridized carbons (Fsp3) is 0.583. The number of piperidine rings is 1. The van der Waals surface area contributed by atoms with Crippen LogP contribution in [0.2, 0.25) is 0 Å². The van der Waals surface area contributed by atoms with Gasteiger partial charge in [-0.1, -0.05) is 5.16 Å². The normalized spacial score (nSPS) is 19.7. The van der Waals surface area contributed by atoms with Gasteiger partial charge >= 0.3 is 5.97 Å². The molecule has 1 saturated heterocycles. The van der Waals surface area contributed by atoms with E-state index in [1.165, 1.54) is 13.3 Å². The summed E-state index contributed by atoms with van der Waals surface area (Å²) in [6, 6.07) is 0. The Hall–Kier alpha value is -1.85. The number of rotatable bonds is 2. The molecule has 0 aromatic carbocycles. The molecule has 0 spiro atoms. The summed E-state index contributed by atoms with van der Waals surface area (Å²) in [6.45, 7) is 2.78. The van der Waals surface area contributed by atoms with E-state index in [9.17, 15) is 9.59 Å². The number of methoxy groups -OCH3 is 1. The van der Waals surface area contributed by atoms with Crippen LogP contribution in [0, 0.1) is 12.8 Å². The molecule has 1 aliphatic heterocycles. The molecule has 1 unspecified atom stereocenters. The largest absolute Gasteiger partial charge is 0.469 e. The third-order valence-electron chi connectivity index (χ3n) is 3.19. The molecular formula is C12H16N2O4. The van der Waals surface area contributed by atoms with E-state index >= 15 is 0 Å². The Bertz CT molecular complexity index is 455. The van der Waals surface area contributed by atoms with Gasteiger partial charge in [0.05, 0.1) is 19.2 Å². The summed E-state index contributed by atoms with van der Waals surface area (Å²) in [5.41, 5.74) is 0.709. The van der Waals surface area contributed by atoms with Crippen LogP contribution in [0.1, 0.15) is 29.0 Å². The quantitative estimate of drug-likeness (QED) is 0.734. The van der Waals surface area contributed by atoms with Crippen molar-refractivity contribution in [1.29, 1.82) is 0 Å². The average Bonchev–Trinajstić information content (AvgIpc) is 2.83. The summed E-state index contributed by atoms with van der Waals surface area (Å²) < 4.78 is 9.66. The predicted octanol–water partition coefficient (Wildman–Crippen LogP) is 1.01. The zero-order valence-corrected chi connectivity index (χ0v) is 10.5. The molecule has 1 fully saturated rings. The SMILES string of the molecule is COC(=O)C1CCCN(C(=O)c2oncc2C)C1. The third kappa shape index (κ3) is 2.37. The van der Waals surface area contributed by atoms with Gasteiger partial charge in [0.25, 0.3) is 5.91 Å². The Labute approximate surface area is 105 Å². The Balaban J connectivity index is 2.07. The second-order valence-electron chi connectivity index (χ2n) is 4.45. The van der Waals surface area contributed by atoms with Gasteiger partial charge in [0, 0.05) is 18.7 Å². The van der Waals surface area contributed by atoms with Crippen LogP contribution in [0.4, 0.5) is 0 Å². The number of amides is 1. The van der Waals surface area contributed by atoms with Crippen molar-refractivity contribution in [2.24, 2.45) is 5.92 Å². The first-order chi connectivity index (χ1) is 8.63. The highest BCUT2D eigenvalue weighted by molar-refractivity contribution is 5.93. The maximum absolute atomic E-state index is 12.2. The molecule has 0 N–H and O–H groups in total. The molecule has 0 bridgehead atoms. The number of nitrogens with zero attached hydrogens (tertiary/aromatic N) is 2. The van der Waals surface area contributed by atoms with Crippen molar-refractivity contribution >= 4 is 11.9 Å². The van der Waals surface area contributed by atoms with E-state index in [0.29, 0.717) is 18.7 Å². The Kier molecular flexibility index (Phi) is 3.64. The summed E-state index contributed by atoms with van der Waals surface area (Å²) >= 11 is 0. The Morgan fingerprint density at radius 2 is 2.33 bits per heavy atom. The molecule has 98 valence electrons. The Morgan fingerprint density at radius 1 is 1.56 bits per heavy atom. The van der Waals surface area contributed by atoms with Gasteiger partial charge in [-0.25, -0.2) is 0 Å². The van der Waals surface area contributed by atoms with Gasteiger partial charge in [-0.3, -0.25) is 9.59 Å². The van der Waals surface area contributed by atoms with Crippen LogP contribution in [-0.4, -0.2) is 42.1 Å². The van der Waals surface area contributed by atoms with E-state index in [2.05, 4.69) is 5.16 Å². The lowest BCUT2D eigenvalue weighted by molar-refractivity contribution is -0.146. The molecule has 0 aliphatic carbocycles. The molecule has 0 radical (unpaired) electrons. The van der Waals surface area contributed by atoms with Gasteiger partial charge in [0.15, 0.2) is 0 Å². The summed E-state index contributed by atoms with van der Waals surface area (Å²) in [4.78, 5) is 25.3. The van der Waals surface area contributed by atoms with Crippen LogP contribution in [0.5, 0.6) is 0 Å². The predicted molar refractivity (Wildman–Crippen MR) is 61.9 cm³/mol. The highest BCUT2D eigenvalue weighted by atomic mass is 16.5. The second kappa shape index (κ2) is 5.20. The molecule has 18 heavy (non-hydrogen) atoms. The molecule has 1 aromatic rings. The van der Waals surface area contributed by atoms with Crippen molar-refractivity contribution in [3.05, 3.63) is 17.5 Å². The van der Waals surface area contributed by atoms with E-state index in [0.717, 1.165) is 12.8 Å². The van der Waals surface area contributed by atoms with E-state index in [1.807, 2.05) is 0 Å². The van der Waals surface area contributed by atoms with Crippen LogP contribution < -0.4 is 0 Å². The molecule has 6 heteroatoms. The number of carbonyl (C=O) groups excluding carboxylic acids is 2. The smallest absolute Gasteiger partial charge is 0.310 e.